The highest BCUT2D eigenvalue weighted by molar-refractivity contribution is 7.90. The number of nitrogens with zero attached hydrogens (tertiary/aromatic N) is 3. The van der Waals surface area contributed by atoms with Gasteiger partial charge in [-0.15, -0.1) is 0 Å². The molecule has 0 unspecified atom stereocenters. The molecule has 1 aliphatic carbocycles. The Morgan fingerprint density at radius 3 is 2.34 bits per heavy atom. The molecule has 5 rings (SSSR count). The van der Waals surface area contributed by atoms with Crippen molar-refractivity contribution in [2.75, 3.05) is 0 Å². The molecule has 0 N–H and O–H groups in total. The lowest BCUT2D eigenvalue weighted by molar-refractivity contribution is 0.582. The Morgan fingerprint density at radius 1 is 0.969 bits per heavy atom. The molecule has 1 aliphatic rings. The van der Waals surface area contributed by atoms with Crippen LogP contribution in [-0.4, -0.2) is 22.2 Å². The highest BCUT2D eigenvalue weighted by Gasteiger charge is 2.23. The molecule has 7 heteroatoms. The summed E-state index contributed by atoms with van der Waals surface area (Å²) in [5.74, 6) is 0.135. The molecule has 0 fully saturated rings. The molecule has 0 saturated carbocycles. The second-order valence-electron chi connectivity index (χ2n) is 8.61. The average molecular weight is 450 g/mol. The number of benzene rings is 2. The van der Waals surface area contributed by atoms with Crippen molar-refractivity contribution < 1.29 is 12.8 Å². The quantitative estimate of drug-likeness (QED) is 0.376. The summed E-state index contributed by atoms with van der Waals surface area (Å²) < 4.78 is 43.4. The first kappa shape index (κ1) is 20.7. The molecule has 4 aromatic rings. The molecule has 0 bridgehead atoms. The summed E-state index contributed by atoms with van der Waals surface area (Å²) >= 11 is 0. The average Bonchev–Trinajstić information content (AvgIpc) is 3.34. The molecule has 164 valence electrons. The smallest absolute Gasteiger partial charge is 0.283 e. The number of allylic oxidation sites excluding steroid dienone is 4. The molecular formula is C25H24FN3O2S. The Morgan fingerprint density at radius 2 is 1.69 bits per heavy atom. The number of fused-ring (bicyclic) bond motifs is 2. The van der Waals surface area contributed by atoms with Crippen LogP contribution in [0.15, 0.2) is 71.5 Å². The van der Waals surface area contributed by atoms with Gasteiger partial charge in [0, 0.05) is 28.6 Å². The molecule has 0 amide bonds. The van der Waals surface area contributed by atoms with Gasteiger partial charge in [0.25, 0.3) is 10.0 Å². The molecule has 2 heterocycles. The molecule has 0 saturated heterocycles. The summed E-state index contributed by atoms with van der Waals surface area (Å²) in [7, 11) is -3.82. The SMILES string of the molecule is Cc1ccc(S(=O)(=O)n2ncc3cc4c(cc(C(C)C)n4C4=CC=C(F)CC4)cc32)cc1. The largest absolute Gasteiger partial charge is 0.317 e. The summed E-state index contributed by atoms with van der Waals surface area (Å²) in [6.07, 6.45) is 5.95. The lowest BCUT2D eigenvalue weighted by Gasteiger charge is -2.18. The number of hydrogen-bond donors (Lipinski definition) is 0. The number of halogens is 1. The maximum Gasteiger partial charge on any atom is 0.283 e. The molecule has 2 aromatic carbocycles. The van der Waals surface area contributed by atoms with E-state index in [-0.39, 0.29) is 16.6 Å². The number of aryl methyl sites for hydroxylation is 1. The fraction of sp³-hybridized carbons (Fsp3) is 0.240. The van der Waals surface area contributed by atoms with Crippen LogP contribution >= 0.6 is 0 Å². The van der Waals surface area contributed by atoms with Crippen molar-refractivity contribution in [1.29, 1.82) is 0 Å². The van der Waals surface area contributed by atoms with Crippen molar-refractivity contribution in [3.05, 3.63) is 77.9 Å². The van der Waals surface area contributed by atoms with Crippen molar-refractivity contribution in [3.63, 3.8) is 0 Å². The van der Waals surface area contributed by atoms with E-state index in [1.165, 1.54) is 6.08 Å². The van der Waals surface area contributed by atoms with Crippen LogP contribution in [0.1, 0.15) is 43.9 Å². The molecule has 5 nitrogen and oxygen atoms in total. The van der Waals surface area contributed by atoms with Gasteiger partial charge in [0.15, 0.2) is 0 Å². The second-order valence-corrected chi connectivity index (χ2v) is 10.4. The molecule has 0 radical (unpaired) electrons. The Bertz CT molecular complexity index is 1520. The Hall–Kier alpha value is -3.19. The molecule has 2 aromatic heterocycles. The second kappa shape index (κ2) is 7.45. The third-order valence-electron chi connectivity index (χ3n) is 5.99. The predicted octanol–water partition coefficient (Wildman–Crippen LogP) is 6.15. The van der Waals surface area contributed by atoms with Gasteiger partial charge >= 0.3 is 0 Å². The van der Waals surface area contributed by atoms with Crippen LogP contribution in [0.2, 0.25) is 0 Å². The normalized spacial score (nSPS) is 14.9. The number of aromatic nitrogens is 3. The Balaban J connectivity index is 1.72. The first-order valence-corrected chi connectivity index (χ1v) is 12.1. The summed E-state index contributed by atoms with van der Waals surface area (Å²) in [6.45, 7) is 6.15. The monoisotopic (exact) mass is 449 g/mol. The lowest BCUT2D eigenvalue weighted by atomic mass is 10.1. The van der Waals surface area contributed by atoms with E-state index < -0.39 is 10.0 Å². The van der Waals surface area contributed by atoms with Crippen molar-refractivity contribution >= 4 is 37.5 Å². The third-order valence-corrected chi connectivity index (χ3v) is 7.60. The number of rotatable bonds is 4. The topological polar surface area (TPSA) is 56.9 Å². The van der Waals surface area contributed by atoms with E-state index in [1.54, 1.807) is 30.5 Å². The highest BCUT2D eigenvalue weighted by atomic mass is 32.2. The molecule has 0 atom stereocenters. The van der Waals surface area contributed by atoms with Crippen molar-refractivity contribution in [1.82, 2.24) is 13.8 Å². The van der Waals surface area contributed by atoms with E-state index in [1.807, 2.05) is 25.1 Å². The van der Waals surface area contributed by atoms with Crippen LogP contribution in [0.25, 0.3) is 27.5 Å². The predicted molar refractivity (Wildman–Crippen MR) is 126 cm³/mol. The van der Waals surface area contributed by atoms with Crippen LogP contribution in [-0.2, 0) is 10.0 Å². The Kier molecular flexibility index (Phi) is 4.82. The standard InChI is InChI=1S/C25H24FN3O2S/c1-16(2)23-12-18-13-25-19(14-24(18)28(23)21-8-6-20(26)7-9-21)15-27-29(25)32(30,31)22-10-4-17(3)5-11-22/h4-6,8,10-16H,7,9H2,1-3H3. The Labute approximate surface area is 186 Å². The van der Waals surface area contributed by atoms with E-state index in [9.17, 15) is 12.8 Å². The van der Waals surface area contributed by atoms with Crippen molar-refractivity contribution in [3.8, 4) is 0 Å². The van der Waals surface area contributed by atoms with E-state index in [0.717, 1.165) is 37.3 Å². The van der Waals surface area contributed by atoms with Crippen LogP contribution in [0.4, 0.5) is 4.39 Å². The van der Waals surface area contributed by atoms with Gasteiger partial charge in [0.1, 0.15) is 5.83 Å². The van der Waals surface area contributed by atoms with Gasteiger partial charge in [-0.3, -0.25) is 0 Å². The minimum Gasteiger partial charge on any atom is -0.317 e. The van der Waals surface area contributed by atoms with Gasteiger partial charge in [0.05, 0.1) is 22.1 Å². The van der Waals surface area contributed by atoms with Crippen LogP contribution in [0, 0.1) is 6.92 Å². The highest BCUT2D eigenvalue weighted by Crippen LogP contribution is 2.35. The zero-order valence-corrected chi connectivity index (χ0v) is 19.0. The van der Waals surface area contributed by atoms with Gasteiger partial charge < -0.3 is 4.57 Å². The van der Waals surface area contributed by atoms with E-state index in [4.69, 9.17) is 0 Å². The van der Waals surface area contributed by atoms with E-state index in [2.05, 4.69) is 29.6 Å². The maximum atomic E-state index is 13.6. The van der Waals surface area contributed by atoms with Crippen molar-refractivity contribution in [2.24, 2.45) is 0 Å². The third kappa shape index (κ3) is 3.28. The van der Waals surface area contributed by atoms with Gasteiger partial charge in [-0.05, 0) is 61.7 Å². The summed E-state index contributed by atoms with van der Waals surface area (Å²) in [5, 5.41) is 5.89. The fourth-order valence-corrected chi connectivity index (χ4v) is 5.53. The van der Waals surface area contributed by atoms with E-state index in [0.29, 0.717) is 18.4 Å². The van der Waals surface area contributed by atoms with E-state index >= 15 is 0 Å². The minimum absolute atomic E-state index is 0.110. The van der Waals surface area contributed by atoms with Gasteiger partial charge in [0.2, 0.25) is 0 Å². The summed E-state index contributed by atoms with van der Waals surface area (Å²) in [4.78, 5) is 0.204. The first-order valence-electron chi connectivity index (χ1n) is 10.7. The van der Waals surface area contributed by atoms with Gasteiger partial charge in [-0.25, -0.2) is 4.39 Å². The molecule has 0 spiro atoms. The zero-order valence-electron chi connectivity index (χ0n) is 18.2. The number of hydrogen-bond acceptors (Lipinski definition) is 3. The van der Waals surface area contributed by atoms with Crippen LogP contribution in [0.5, 0.6) is 0 Å². The lowest BCUT2D eigenvalue weighted by Crippen LogP contribution is -2.14. The maximum absolute atomic E-state index is 13.6. The fourth-order valence-electron chi connectivity index (χ4n) is 4.26. The molecular weight excluding hydrogens is 425 g/mol. The van der Waals surface area contributed by atoms with Crippen LogP contribution < -0.4 is 0 Å². The summed E-state index contributed by atoms with van der Waals surface area (Å²) in [5.41, 5.74) is 4.63. The summed E-state index contributed by atoms with van der Waals surface area (Å²) in [6, 6.07) is 12.7. The van der Waals surface area contributed by atoms with Crippen LogP contribution in [0.3, 0.4) is 0 Å². The van der Waals surface area contributed by atoms with Crippen molar-refractivity contribution in [2.45, 2.75) is 44.4 Å². The molecule has 0 aliphatic heterocycles. The first-order chi connectivity index (χ1) is 15.3. The molecule has 32 heavy (non-hydrogen) atoms. The van der Waals surface area contributed by atoms with Gasteiger partial charge in [-0.2, -0.15) is 17.6 Å². The van der Waals surface area contributed by atoms with Gasteiger partial charge in [-0.1, -0.05) is 31.5 Å². The zero-order chi connectivity index (χ0) is 22.6. The minimum atomic E-state index is -3.82.